The van der Waals surface area contributed by atoms with Crippen LogP contribution in [0, 0.1) is 0 Å². The largest absolute Gasteiger partial charge is 0.464 e. The molecule has 1 aromatic heterocycles. The standard InChI is InChI=1S/C36H58ClN3O2/c1-4-6-7-8-9-10-11-12-13-14-15-16-17-18-19-22-36(41)42-29-28-40(5-2)27-20-21-31(3)39-34-25-26-38-35-30-32(37)23-24-33(34)35/h12-13,23-26,30-31H,4-11,14-22,27-29H2,1-3H3,(H,38,39). The Morgan fingerprint density at radius 1 is 0.929 bits per heavy atom. The SMILES string of the molecule is CCCCCCCCC=CCCCCCCCC(=O)OCCN(CC)CCCC(C)Nc1ccnc2cc(Cl)ccc12. The Hall–Kier alpha value is -2.11. The topological polar surface area (TPSA) is 54.5 Å². The van der Waals surface area contributed by atoms with Gasteiger partial charge in [-0.3, -0.25) is 9.78 Å². The van der Waals surface area contributed by atoms with E-state index in [1.807, 2.05) is 30.5 Å². The first kappa shape index (κ1) is 36.1. The van der Waals surface area contributed by atoms with Gasteiger partial charge in [0.1, 0.15) is 6.61 Å². The van der Waals surface area contributed by atoms with Crippen molar-refractivity contribution in [2.45, 2.75) is 130 Å². The number of unbranched alkanes of at least 4 members (excludes halogenated alkanes) is 11. The third kappa shape index (κ3) is 16.5. The Morgan fingerprint density at radius 3 is 2.33 bits per heavy atom. The van der Waals surface area contributed by atoms with Crippen molar-refractivity contribution in [3.8, 4) is 0 Å². The molecule has 0 amide bonds. The smallest absolute Gasteiger partial charge is 0.305 e. The minimum atomic E-state index is -0.0487. The predicted octanol–water partition coefficient (Wildman–Crippen LogP) is 10.4. The molecule has 6 heteroatoms. The number of carbonyl (C=O) groups excluding carboxylic acids is 1. The molecule has 236 valence electrons. The molecule has 1 heterocycles. The summed E-state index contributed by atoms with van der Waals surface area (Å²) < 4.78 is 5.53. The van der Waals surface area contributed by atoms with Gasteiger partial charge in [-0.2, -0.15) is 0 Å². The maximum Gasteiger partial charge on any atom is 0.305 e. The van der Waals surface area contributed by atoms with Crippen molar-refractivity contribution in [2.24, 2.45) is 0 Å². The van der Waals surface area contributed by atoms with Crippen LogP contribution in [0.3, 0.4) is 0 Å². The molecule has 0 aliphatic carbocycles. The van der Waals surface area contributed by atoms with Gasteiger partial charge < -0.3 is 15.0 Å². The summed E-state index contributed by atoms with van der Waals surface area (Å²) in [6, 6.07) is 8.20. The highest BCUT2D eigenvalue weighted by Gasteiger charge is 2.10. The predicted molar refractivity (Wildman–Crippen MR) is 182 cm³/mol. The van der Waals surface area contributed by atoms with Crippen LogP contribution in [-0.4, -0.2) is 48.1 Å². The molecule has 0 spiro atoms. The normalized spacial score (nSPS) is 12.4. The lowest BCUT2D eigenvalue weighted by atomic mass is 10.1. The zero-order chi connectivity index (χ0) is 30.3. The molecule has 1 atom stereocenters. The number of likely N-dealkylation sites (N-methyl/N-ethyl adjacent to an activating group) is 1. The Labute approximate surface area is 261 Å². The van der Waals surface area contributed by atoms with E-state index in [1.165, 1.54) is 70.6 Å². The summed E-state index contributed by atoms with van der Waals surface area (Å²) in [5, 5.41) is 5.43. The van der Waals surface area contributed by atoms with Crippen molar-refractivity contribution >= 4 is 34.2 Å². The number of nitrogens with zero attached hydrogens (tertiary/aromatic N) is 2. The highest BCUT2D eigenvalue weighted by atomic mass is 35.5. The van der Waals surface area contributed by atoms with Crippen molar-refractivity contribution in [1.82, 2.24) is 9.88 Å². The van der Waals surface area contributed by atoms with Gasteiger partial charge in [0.2, 0.25) is 0 Å². The number of halogens is 1. The van der Waals surface area contributed by atoms with E-state index in [0.29, 0.717) is 24.1 Å². The molecule has 2 aromatic rings. The summed E-state index contributed by atoms with van der Waals surface area (Å²) in [5.41, 5.74) is 2.00. The maximum atomic E-state index is 12.2. The molecule has 0 aliphatic heterocycles. The van der Waals surface area contributed by atoms with E-state index in [-0.39, 0.29) is 5.97 Å². The molecule has 0 radical (unpaired) electrons. The first-order valence-corrected chi connectivity index (χ1v) is 17.2. The number of allylic oxidation sites excluding steroid dienone is 2. The summed E-state index contributed by atoms with van der Waals surface area (Å²) >= 11 is 6.12. The van der Waals surface area contributed by atoms with Crippen LogP contribution in [-0.2, 0) is 9.53 Å². The van der Waals surface area contributed by atoms with Gasteiger partial charge in [0.05, 0.1) is 5.52 Å². The Kier molecular flexibility index (Phi) is 20.1. The molecule has 1 aromatic carbocycles. The fourth-order valence-electron chi connectivity index (χ4n) is 5.33. The Morgan fingerprint density at radius 2 is 1.62 bits per heavy atom. The van der Waals surface area contributed by atoms with E-state index in [9.17, 15) is 4.79 Å². The third-order valence-corrected chi connectivity index (χ3v) is 8.21. The first-order valence-electron chi connectivity index (χ1n) is 16.9. The summed E-state index contributed by atoms with van der Waals surface area (Å²) in [5.74, 6) is -0.0487. The fraction of sp³-hybridized carbons (Fsp3) is 0.667. The van der Waals surface area contributed by atoms with Gasteiger partial charge in [0, 0.05) is 41.3 Å². The van der Waals surface area contributed by atoms with Gasteiger partial charge in [0.15, 0.2) is 0 Å². The number of rotatable bonds is 25. The molecule has 0 fully saturated rings. The molecule has 1 N–H and O–H groups in total. The van der Waals surface area contributed by atoms with Crippen LogP contribution in [0.4, 0.5) is 5.69 Å². The van der Waals surface area contributed by atoms with Crippen molar-refractivity contribution in [1.29, 1.82) is 0 Å². The minimum Gasteiger partial charge on any atom is -0.464 e. The number of pyridine rings is 1. The van der Waals surface area contributed by atoms with Crippen molar-refractivity contribution in [3.05, 3.63) is 47.6 Å². The second-order valence-corrected chi connectivity index (χ2v) is 12.1. The number of benzene rings is 1. The van der Waals surface area contributed by atoms with E-state index in [0.717, 1.165) is 61.9 Å². The molecule has 0 aliphatic rings. The minimum absolute atomic E-state index is 0.0487. The number of ether oxygens (including phenoxy) is 1. The monoisotopic (exact) mass is 599 g/mol. The molecule has 0 bridgehead atoms. The number of esters is 1. The number of hydrogen-bond acceptors (Lipinski definition) is 5. The highest BCUT2D eigenvalue weighted by molar-refractivity contribution is 6.31. The molecular formula is C36H58ClN3O2. The van der Waals surface area contributed by atoms with Gasteiger partial charge in [-0.1, -0.05) is 89.0 Å². The first-order chi connectivity index (χ1) is 20.5. The summed E-state index contributed by atoms with van der Waals surface area (Å²) in [7, 11) is 0. The van der Waals surface area contributed by atoms with Gasteiger partial charge in [-0.25, -0.2) is 0 Å². The average Bonchev–Trinajstić information content (AvgIpc) is 2.98. The molecule has 2 rings (SSSR count). The van der Waals surface area contributed by atoms with Crippen LogP contribution in [0.15, 0.2) is 42.6 Å². The van der Waals surface area contributed by atoms with Gasteiger partial charge in [-0.15, -0.1) is 0 Å². The number of anilines is 1. The second kappa shape index (κ2) is 23.4. The molecular weight excluding hydrogens is 542 g/mol. The molecule has 0 saturated carbocycles. The Balaban J connectivity index is 1.45. The van der Waals surface area contributed by atoms with E-state index in [1.54, 1.807) is 0 Å². The maximum absolute atomic E-state index is 12.2. The van der Waals surface area contributed by atoms with Gasteiger partial charge in [0.25, 0.3) is 0 Å². The van der Waals surface area contributed by atoms with Gasteiger partial charge in [-0.05, 0) is 89.2 Å². The van der Waals surface area contributed by atoms with Crippen LogP contribution in [0.2, 0.25) is 5.02 Å². The lowest BCUT2D eigenvalue weighted by molar-refractivity contribution is -0.144. The van der Waals surface area contributed by atoms with E-state index in [4.69, 9.17) is 16.3 Å². The number of aromatic nitrogens is 1. The van der Waals surface area contributed by atoms with Crippen LogP contribution < -0.4 is 5.32 Å². The van der Waals surface area contributed by atoms with Gasteiger partial charge >= 0.3 is 5.97 Å². The van der Waals surface area contributed by atoms with Crippen molar-refractivity contribution in [3.63, 3.8) is 0 Å². The van der Waals surface area contributed by atoms with Crippen LogP contribution in [0.25, 0.3) is 10.9 Å². The van der Waals surface area contributed by atoms with E-state index < -0.39 is 0 Å². The van der Waals surface area contributed by atoms with Crippen LogP contribution >= 0.6 is 11.6 Å². The molecule has 5 nitrogen and oxygen atoms in total. The zero-order valence-electron chi connectivity index (χ0n) is 26.8. The number of fused-ring (bicyclic) bond motifs is 1. The highest BCUT2D eigenvalue weighted by Crippen LogP contribution is 2.25. The summed E-state index contributed by atoms with van der Waals surface area (Å²) in [6.45, 7) is 9.90. The summed E-state index contributed by atoms with van der Waals surface area (Å²) in [4.78, 5) is 19.0. The average molecular weight is 600 g/mol. The van der Waals surface area contributed by atoms with Crippen LogP contribution in [0.5, 0.6) is 0 Å². The quantitative estimate of drug-likeness (QED) is 0.0698. The third-order valence-electron chi connectivity index (χ3n) is 7.98. The number of carbonyl (C=O) groups is 1. The van der Waals surface area contributed by atoms with Crippen LogP contribution in [0.1, 0.15) is 124 Å². The van der Waals surface area contributed by atoms with Crippen molar-refractivity contribution < 1.29 is 9.53 Å². The molecule has 0 saturated heterocycles. The lowest BCUT2D eigenvalue weighted by Gasteiger charge is -2.22. The number of nitrogens with one attached hydrogen (secondary N) is 1. The molecule has 1 unspecified atom stereocenters. The van der Waals surface area contributed by atoms with E-state index in [2.05, 4.69) is 48.1 Å². The number of hydrogen-bond donors (Lipinski definition) is 1. The second-order valence-electron chi connectivity index (χ2n) is 11.7. The Bertz CT molecular complexity index is 1010. The van der Waals surface area contributed by atoms with Crippen molar-refractivity contribution in [2.75, 3.05) is 31.6 Å². The lowest BCUT2D eigenvalue weighted by Crippen LogP contribution is -2.30. The van der Waals surface area contributed by atoms with E-state index >= 15 is 0 Å². The molecule has 42 heavy (non-hydrogen) atoms. The zero-order valence-corrected chi connectivity index (χ0v) is 27.6. The summed E-state index contributed by atoms with van der Waals surface area (Å²) in [6.07, 6.45) is 25.7. The fourth-order valence-corrected chi connectivity index (χ4v) is 5.50.